The highest BCUT2D eigenvalue weighted by molar-refractivity contribution is 9.10. The molecule has 5 nitrogen and oxygen atoms in total. The van der Waals surface area contributed by atoms with Gasteiger partial charge in [-0.1, -0.05) is 0 Å². The standard InChI is InChI=1S/C12H13BrN4O/c1-7-3-8(13)5-15-11(7)16-12(18)10-4-9(14)6-17(10)2/h3-6H,14H2,1-2H3,(H,15,16,18). The number of nitrogens with two attached hydrogens (primary N) is 1. The molecule has 0 aromatic carbocycles. The summed E-state index contributed by atoms with van der Waals surface area (Å²) in [6.07, 6.45) is 3.33. The molecule has 0 atom stereocenters. The molecular formula is C12H13BrN4O. The number of pyridine rings is 1. The van der Waals surface area contributed by atoms with E-state index in [0.717, 1.165) is 10.0 Å². The van der Waals surface area contributed by atoms with Crippen LogP contribution in [0.15, 0.2) is 29.0 Å². The normalized spacial score (nSPS) is 10.4. The number of hydrogen-bond donors (Lipinski definition) is 2. The molecule has 0 spiro atoms. The van der Waals surface area contributed by atoms with E-state index in [4.69, 9.17) is 5.73 Å². The lowest BCUT2D eigenvalue weighted by atomic mass is 10.3. The molecule has 1 amide bonds. The van der Waals surface area contributed by atoms with Crippen LogP contribution in [0.5, 0.6) is 0 Å². The minimum atomic E-state index is -0.230. The second-order valence-corrected chi connectivity index (χ2v) is 4.96. The van der Waals surface area contributed by atoms with E-state index >= 15 is 0 Å². The van der Waals surface area contributed by atoms with E-state index in [9.17, 15) is 4.79 Å². The third kappa shape index (κ3) is 2.53. The number of carbonyl (C=O) groups excluding carboxylic acids is 1. The first-order valence-electron chi connectivity index (χ1n) is 5.32. The van der Waals surface area contributed by atoms with E-state index < -0.39 is 0 Å². The minimum absolute atomic E-state index is 0.230. The third-order valence-corrected chi connectivity index (χ3v) is 2.97. The van der Waals surface area contributed by atoms with Gasteiger partial charge in [0.05, 0.1) is 5.69 Å². The van der Waals surface area contributed by atoms with Gasteiger partial charge in [0.25, 0.3) is 5.91 Å². The van der Waals surface area contributed by atoms with E-state index in [2.05, 4.69) is 26.2 Å². The van der Waals surface area contributed by atoms with Crippen LogP contribution in [0, 0.1) is 6.92 Å². The fraction of sp³-hybridized carbons (Fsp3) is 0.167. The summed E-state index contributed by atoms with van der Waals surface area (Å²) in [7, 11) is 1.77. The van der Waals surface area contributed by atoms with Crippen molar-refractivity contribution in [3.63, 3.8) is 0 Å². The van der Waals surface area contributed by atoms with E-state index in [1.807, 2.05) is 13.0 Å². The SMILES string of the molecule is Cc1cc(Br)cnc1NC(=O)c1cc(N)cn1C. The second kappa shape index (κ2) is 4.81. The number of aryl methyl sites for hydroxylation is 2. The van der Waals surface area contributed by atoms with Gasteiger partial charge in [0, 0.05) is 23.9 Å². The number of rotatable bonds is 2. The Labute approximate surface area is 113 Å². The minimum Gasteiger partial charge on any atom is -0.397 e. The van der Waals surface area contributed by atoms with Gasteiger partial charge in [-0.2, -0.15) is 0 Å². The molecule has 0 aliphatic heterocycles. The first-order chi connectivity index (χ1) is 8.47. The molecule has 2 heterocycles. The summed E-state index contributed by atoms with van der Waals surface area (Å²) < 4.78 is 2.56. The van der Waals surface area contributed by atoms with E-state index in [1.165, 1.54) is 0 Å². The number of anilines is 2. The number of hydrogen-bond acceptors (Lipinski definition) is 3. The van der Waals surface area contributed by atoms with Gasteiger partial charge in [-0.25, -0.2) is 4.98 Å². The van der Waals surface area contributed by atoms with Crippen molar-refractivity contribution in [1.29, 1.82) is 0 Å². The Kier molecular flexibility index (Phi) is 3.38. The van der Waals surface area contributed by atoms with Gasteiger partial charge in [-0.05, 0) is 40.5 Å². The zero-order valence-electron chi connectivity index (χ0n) is 10.1. The number of nitrogen functional groups attached to an aromatic ring is 1. The lowest BCUT2D eigenvalue weighted by molar-refractivity contribution is 0.101. The van der Waals surface area contributed by atoms with Crippen molar-refractivity contribution < 1.29 is 4.79 Å². The first kappa shape index (κ1) is 12.6. The van der Waals surface area contributed by atoms with Crippen molar-refractivity contribution in [2.75, 3.05) is 11.1 Å². The molecule has 0 bridgehead atoms. The largest absolute Gasteiger partial charge is 0.397 e. The molecule has 0 aliphatic rings. The van der Waals surface area contributed by atoms with E-state index in [1.54, 1.807) is 30.1 Å². The zero-order chi connectivity index (χ0) is 13.3. The van der Waals surface area contributed by atoms with Crippen molar-refractivity contribution in [1.82, 2.24) is 9.55 Å². The van der Waals surface area contributed by atoms with Gasteiger partial charge >= 0.3 is 0 Å². The van der Waals surface area contributed by atoms with Crippen molar-refractivity contribution in [3.8, 4) is 0 Å². The molecule has 94 valence electrons. The van der Waals surface area contributed by atoms with Crippen LogP contribution in [-0.4, -0.2) is 15.5 Å². The predicted octanol–water partition coefficient (Wildman–Crippen LogP) is 2.33. The lowest BCUT2D eigenvalue weighted by Gasteiger charge is -2.07. The maximum atomic E-state index is 12.0. The van der Waals surface area contributed by atoms with Crippen LogP contribution >= 0.6 is 15.9 Å². The Bertz CT molecular complexity index is 606. The Hall–Kier alpha value is -1.82. The van der Waals surface area contributed by atoms with Crippen molar-refractivity contribution >= 4 is 33.3 Å². The zero-order valence-corrected chi connectivity index (χ0v) is 11.7. The fourth-order valence-corrected chi connectivity index (χ4v) is 2.10. The quantitative estimate of drug-likeness (QED) is 0.894. The number of carbonyl (C=O) groups is 1. The Morgan fingerprint density at radius 3 is 2.78 bits per heavy atom. The van der Waals surface area contributed by atoms with Gasteiger partial charge in [0.2, 0.25) is 0 Å². The summed E-state index contributed by atoms with van der Waals surface area (Å²) in [4.78, 5) is 16.2. The molecule has 0 saturated heterocycles. The molecule has 0 unspecified atom stereocenters. The monoisotopic (exact) mass is 308 g/mol. The summed E-state index contributed by atoms with van der Waals surface area (Å²) in [5.41, 5.74) is 7.58. The number of nitrogens with one attached hydrogen (secondary N) is 1. The fourth-order valence-electron chi connectivity index (χ4n) is 1.66. The molecule has 0 saturated carbocycles. The Balaban J connectivity index is 2.24. The number of nitrogens with zero attached hydrogens (tertiary/aromatic N) is 2. The van der Waals surface area contributed by atoms with Crippen LogP contribution in [0.25, 0.3) is 0 Å². The highest BCUT2D eigenvalue weighted by atomic mass is 79.9. The topological polar surface area (TPSA) is 72.9 Å². The summed E-state index contributed by atoms with van der Waals surface area (Å²) in [5.74, 6) is 0.315. The highest BCUT2D eigenvalue weighted by Crippen LogP contribution is 2.18. The third-order valence-electron chi connectivity index (χ3n) is 2.54. The lowest BCUT2D eigenvalue weighted by Crippen LogP contribution is -2.16. The molecule has 2 aromatic rings. The van der Waals surface area contributed by atoms with Crippen LogP contribution in [0.3, 0.4) is 0 Å². The summed E-state index contributed by atoms with van der Waals surface area (Å²) in [6.45, 7) is 1.88. The second-order valence-electron chi connectivity index (χ2n) is 4.04. The van der Waals surface area contributed by atoms with Gasteiger partial charge in [0.1, 0.15) is 11.5 Å². The number of halogens is 1. The predicted molar refractivity (Wildman–Crippen MR) is 74.5 cm³/mol. The Morgan fingerprint density at radius 1 is 1.50 bits per heavy atom. The van der Waals surface area contributed by atoms with Crippen molar-refractivity contribution in [3.05, 3.63) is 40.3 Å². The summed E-state index contributed by atoms with van der Waals surface area (Å²) >= 11 is 3.33. The van der Waals surface area contributed by atoms with Gasteiger partial charge in [-0.15, -0.1) is 0 Å². The van der Waals surface area contributed by atoms with Gasteiger partial charge in [-0.3, -0.25) is 4.79 Å². The molecule has 2 rings (SSSR count). The van der Waals surface area contributed by atoms with E-state index in [-0.39, 0.29) is 5.91 Å². The maximum absolute atomic E-state index is 12.0. The van der Waals surface area contributed by atoms with Crippen LogP contribution in [-0.2, 0) is 7.05 Å². The number of amides is 1. The van der Waals surface area contributed by atoms with Crippen LogP contribution in [0.4, 0.5) is 11.5 Å². The maximum Gasteiger partial charge on any atom is 0.273 e. The molecule has 3 N–H and O–H groups in total. The molecule has 18 heavy (non-hydrogen) atoms. The van der Waals surface area contributed by atoms with Crippen LogP contribution < -0.4 is 11.1 Å². The molecular weight excluding hydrogens is 296 g/mol. The van der Waals surface area contributed by atoms with Gasteiger partial charge < -0.3 is 15.6 Å². The molecule has 0 aliphatic carbocycles. The van der Waals surface area contributed by atoms with Gasteiger partial charge in [0.15, 0.2) is 0 Å². The highest BCUT2D eigenvalue weighted by Gasteiger charge is 2.12. The smallest absolute Gasteiger partial charge is 0.273 e. The van der Waals surface area contributed by atoms with E-state index in [0.29, 0.717) is 17.2 Å². The van der Waals surface area contributed by atoms with Crippen LogP contribution in [0.1, 0.15) is 16.1 Å². The van der Waals surface area contributed by atoms with Crippen molar-refractivity contribution in [2.45, 2.75) is 6.92 Å². The van der Waals surface area contributed by atoms with Crippen LogP contribution in [0.2, 0.25) is 0 Å². The number of aromatic nitrogens is 2. The molecule has 2 aromatic heterocycles. The van der Waals surface area contributed by atoms with Crippen molar-refractivity contribution in [2.24, 2.45) is 7.05 Å². The molecule has 0 fully saturated rings. The average molecular weight is 309 g/mol. The molecule has 6 heteroatoms. The summed E-state index contributed by atoms with van der Waals surface area (Å²) in [6, 6.07) is 3.52. The summed E-state index contributed by atoms with van der Waals surface area (Å²) in [5, 5.41) is 2.76. The average Bonchev–Trinajstić information content (AvgIpc) is 2.62. The Morgan fingerprint density at radius 2 is 2.22 bits per heavy atom. The molecule has 0 radical (unpaired) electrons. The first-order valence-corrected chi connectivity index (χ1v) is 6.12.